The number of hydrogen-bond acceptors (Lipinski definition) is 6. The van der Waals surface area contributed by atoms with Crippen molar-refractivity contribution in [1.82, 2.24) is 10.3 Å². The van der Waals surface area contributed by atoms with Crippen LogP contribution in [0.5, 0.6) is 23.1 Å². The van der Waals surface area contributed by atoms with Gasteiger partial charge in [0, 0.05) is 29.8 Å². The van der Waals surface area contributed by atoms with Gasteiger partial charge in [0.25, 0.3) is 0 Å². The Kier molecular flexibility index (Phi) is 8.19. The number of nitrogens with one attached hydrogen (secondary N) is 2. The SMILES string of the molecule is CCCC(=O)Oc1[nH]c(CNCC)c(-c2ccc(OC)c(OC)c2OC)c1Br. The molecule has 0 atom stereocenters. The number of H-pyrrole nitrogens is 1. The monoisotopic (exact) mass is 454 g/mol. The fraction of sp³-hybridized carbons (Fsp3) is 0.450. The fourth-order valence-corrected chi connectivity index (χ4v) is 3.53. The van der Waals surface area contributed by atoms with Crippen LogP contribution >= 0.6 is 15.9 Å². The highest BCUT2D eigenvalue weighted by Crippen LogP contribution is 2.49. The number of carbonyl (C=O) groups is 1. The third-order valence-corrected chi connectivity index (χ3v) is 4.94. The third-order valence-electron chi connectivity index (χ3n) is 4.18. The maximum atomic E-state index is 12.0. The highest BCUT2D eigenvalue weighted by Gasteiger charge is 2.25. The molecular weight excluding hydrogens is 428 g/mol. The molecule has 154 valence electrons. The van der Waals surface area contributed by atoms with Gasteiger partial charge in [0.15, 0.2) is 11.5 Å². The maximum Gasteiger partial charge on any atom is 0.312 e. The summed E-state index contributed by atoms with van der Waals surface area (Å²) in [5.41, 5.74) is 2.48. The van der Waals surface area contributed by atoms with E-state index in [-0.39, 0.29) is 5.97 Å². The molecule has 2 rings (SSSR count). The lowest BCUT2D eigenvalue weighted by atomic mass is 10.0. The molecule has 2 aromatic rings. The van der Waals surface area contributed by atoms with Crippen LogP contribution in [0.2, 0.25) is 0 Å². The smallest absolute Gasteiger partial charge is 0.312 e. The lowest BCUT2D eigenvalue weighted by molar-refractivity contribution is -0.134. The summed E-state index contributed by atoms with van der Waals surface area (Å²) in [5.74, 6) is 1.68. The van der Waals surface area contributed by atoms with E-state index in [2.05, 4.69) is 26.2 Å². The first-order valence-corrected chi connectivity index (χ1v) is 9.92. The lowest BCUT2D eigenvalue weighted by Crippen LogP contribution is -2.13. The Morgan fingerprint density at radius 3 is 2.39 bits per heavy atom. The molecule has 1 aromatic carbocycles. The maximum absolute atomic E-state index is 12.0. The summed E-state index contributed by atoms with van der Waals surface area (Å²) < 4.78 is 22.7. The molecule has 0 aliphatic carbocycles. The average molecular weight is 455 g/mol. The molecule has 1 aromatic heterocycles. The minimum Gasteiger partial charge on any atom is -0.493 e. The van der Waals surface area contributed by atoms with Gasteiger partial charge >= 0.3 is 5.97 Å². The predicted molar refractivity (Wildman–Crippen MR) is 112 cm³/mol. The van der Waals surface area contributed by atoms with Gasteiger partial charge in [-0.15, -0.1) is 0 Å². The Balaban J connectivity index is 2.62. The van der Waals surface area contributed by atoms with Crippen LogP contribution in [0, 0.1) is 0 Å². The van der Waals surface area contributed by atoms with E-state index in [0.29, 0.717) is 40.6 Å². The van der Waals surface area contributed by atoms with Gasteiger partial charge in [-0.05, 0) is 41.0 Å². The molecule has 0 aliphatic heterocycles. The second-order valence-electron chi connectivity index (χ2n) is 6.01. The van der Waals surface area contributed by atoms with Crippen LogP contribution in [0.3, 0.4) is 0 Å². The third kappa shape index (κ3) is 4.62. The van der Waals surface area contributed by atoms with Crippen molar-refractivity contribution in [2.45, 2.75) is 33.2 Å². The van der Waals surface area contributed by atoms with Crippen molar-refractivity contribution in [3.05, 3.63) is 22.3 Å². The topological polar surface area (TPSA) is 81.8 Å². The first-order valence-electron chi connectivity index (χ1n) is 9.13. The Labute approximate surface area is 173 Å². The van der Waals surface area contributed by atoms with Gasteiger partial charge in [0.1, 0.15) is 0 Å². The number of halogens is 1. The van der Waals surface area contributed by atoms with Crippen LogP contribution in [-0.4, -0.2) is 38.8 Å². The van der Waals surface area contributed by atoms with Crippen molar-refractivity contribution in [2.24, 2.45) is 0 Å². The van der Waals surface area contributed by atoms with Crippen molar-refractivity contribution in [3.63, 3.8) is 0 Å². The predicted octanol–water partition coefficient (Wildman–Crippen LogP) is 4.29. The van der Waals surface area contributed by atoms with E-state index in [4.69, 9.17) is 18.9 Å². The Morgan fingerprint density at radius 1 is 1.11 bits per heavy atom. The number of esters is 1. The second kappa shape index (κ2) is 10.4. The summed E-state index contributed by atoms with van der Waals surface area (Å²) in [5, 5.41) is 3.29. The quantitative estimate of drug-likeness (QED) is 0.521. The number of aromatic amines is 1. The minimum atomic E-state index is -0.287. The molecule has 0 unspecified atom stereocenters. The van der Waals surface area contributed by atoms with E-state index in [0.717, 1.165) is 29.8 Å². The van der Waals surface area contributed by atoms with Gasteiger partial charge in [0.2, 0.25) is 11.6 Å². The molecule has 7 nitrogen and oxygen atoms in total. The Morgan fingerprint density at radius 2 is 1.82 bits per heavy atom. The van der Waals surface area contributed by atoms with E-state index in [9.17, 15) is 4.79 Å². The summed E-state index contributed by atoms with van der Waals surface area (Å²) in [6.07, 6.45) is 1.07. The van der Waals surface area contributed by atoms with Crippen LogP contribution in [0.4, 0.5) is 0 Å². The number of ether oxygens (including phenoxy) is 4. The highest BCUT2D eigenvalue weighted by atomic mass is 79.9. The molecule has 0 amide bonds. The van der Waals surface area contributed by atoms with Gasteiger partial charge < -0.3 is 29.2 Å². The Bertz CT molecular complexity index is 819. The molecule has 0 bridgehead atoms. The Hall–Kier alpha value is -2.19. The highest BCUT2D eigenvalue weighted by molar-refractivity contribution is 9.10. The van der Waals surface area contributed by atoms with Crippen LogP contribution < -0.4 is 24.3 Å². The van der Waals surface area contributed by atoms with E-state index in [1.165, 1.54) is 0 Å². The number of methoxy groups -OCH3 is 3. The van der Waals surface area contributed by atoms with Crippen molar-refractivity contribution < 1.29 is 23.7 Å². The molecule has 1 heterocycles. The van der Waals surface area contributed by atoms with Gasteiger partial charge in [-0.3, -0.25) is 4.79 Å². The number of carbonyl (C=O) groups excluding carboxylic acids is 1. The first kappa shape index (κ1) is 22.1. The number of aromatic nitrogens is 1. The van der Waals surface area contributed by atoms with Crippen LogP contribution in [0.25, 0.3) is 11.1 Å². The fourth-order valence-electron chi connectivity index (χ4n) is 2.90. The van der Waals surface area contributed by atoms with E-state index >= 15 is 0 Å². The summed E-state index contributed by atoms with van der Waals surface area (Å²) in [4.78, 5) is 15.2. The summed E-state index contributed by atoms with van der Waals surface area (Å²) in [7, 11) is 4.71. The van der Waals surface area contributed by atoms with Crippen molar-refractivity contribution >= 4 is 21.9 Å². The zero-order valence-electron chi connectivity index (χ0n) is 16.9. The molecule has 8 heteroatoms. The molecule has 0 spiro atoms. The van der Waals surface area contributed by atoms with Gasteiger partial charge in [-0.25, -0.2) is 0 Å². The van der Waals surface area contributed by atoms with Gasteiger partial charge in [-0.2, -0.15) is 0 Å². The lowest BCUT2D eigenvalue weighted by Gasteiger charge is -2.16. The molecule has 2 N–H and O–H groups in total. The number of benzene rings is 1. The van der Waals surface area contributed by atoms with Gasteiger partial charge in [-0.1, -0.05) is 13.8 Å². The molecular formula is C20H27BrN2O5. The minimum absolute atomic E-state index is 0.287. The van der Waals surface area contributed by atoms with Crippen LogP contribution in [-0.2, 0) is 11.3 Å². The van der Waals surface area contributed by atoms with E-state index in [1.807, 2.05) is 26.0 Å². The molecule has 0 aliphatic rings. The number of rotatable bonds is 10. The van der Waals surface area contributed by atoms with Crippen molar-refractivity contribution in [3.8, 4) is 34.3 Å². The average Bonchev–Trinajstić information content (AvgIpc) is 3.00. The van der Waals surface area contributed by atoms with Crippen LogP contribution in [0.15, 0.2) is 16.6 Å². The zero-order chi connectivity index (χ0) is 20.7. The van der Waals surface area contributed by atoms with Crippen molar-refractivity contribution in [1.29, 1.82) is 0 Å². The summed E-state index contributed by atoms with van der Waals surface area (Å²) in [6.45, 7) is 5.32. The molecule has 0 saturated carbocycles. The van der Waals surface area contributed by atoms with Crippen molar-refractivity contribution in [2.75, 3.05) is 27.9 Å². The standard InChI is InChI=1S/C20H27BrN2O5/c1-6-8-15(24)28-20-17(21)16(13(23-20)11-22-7-2)12-9-10-14(25-3)19(27-5)18(12)26-4/h9-10,22-23H,6-8,11H2,1-5H3. The normalized spacial score (nSPS) is 10.6. The van der Waals surface area contributed by atoms with E-state index < -0.39 is 0 Å². The number of hydrogen-bond donors (Lipinski definition) is 2. The molecule has 28 heavy (non-hydrogen) atoms. The molecule has 0 radical (unpaired) electrons. The van der Waals surface area contributed by atoms with Gasteiger partial charge in [0.05, 0.1) is 25.8 Å². The largest absolute Gasteiger partial charge is 0.493 e. The molecule has 0 fully saturated rings. The second-order valence-corrected chi connectivity index (χ2v) is 6.80. The van der Waals surface area contributed by atoms with E-state index in [1.54, 1.807) is 21.3 Å². The zero-order valence-corrected chi connectivity index (χ0v) is 18.5. The first-order chi connectivity index (χ1) is 13.5. The summed E-state index contributed by atoms with van der Waals surface area (Å²) in [6, 6.07) is 3.71. The summed E-state index contributed by atoms with van der Waals surface area (Å²) >= 11 is 3.59. The molecule has 0 saturated heterocycles. The van der Waals surface area contributed by atoms with Crippen LogP contribution in [0.1, 0.15) is 32.4 Å².